The minimum atomic E-state index is -5.13. The number of aryl methyl sites for hydroxylation is 1. The monoisotopic (exact) mass is 484 g/mol. The fourth-order valence-corrected chi connectivity index (χ4v) is 4.05. The molecule has 3 aromatic carbocycles. The van der Waals surface area contributed by atoms with Crippen LogP contribution in [-0.2, 0) is 19.3 Å². The normalized spacial score (nSPS) is 13.5. The van der Waals surface area contributed by atoms with E-state index in [1.54, 1.807) is 6.92 Å². The maximum Gasteiger partial charge on any atom is 0.573 e. The van der Waals surface area contributed by atoms with E-state index in [0.717, 1.165) is 12.1 Å². The average molecular weight is 484 g/mol. The number of hydrogen-bond acceptors (Lipinski definition) is 1. The van der Waals surface area contributed by atoms with Crippen LogP contribution in [0.2, 0.25) is 0 Å². The fraction of sp³-hybridized carbons (Fsp3) is 0.200. The summed E-state index contributed by atoms with van der Waals surface area (Å²) < 4.78 is 114. The Labute approximate surface area is 189 Å². The van der Waals surface area contributed by atoms with E-state index in [1.807, 2.05) is 0 Å². The smallest absolute Gasteiger partial charge is 0.403 e. The van der Waals surface area contributed by atoms with Crippen molar-refractivity contribution in [2.75, 3.05) is 0 Å². The summed E-state index contributed by atoms with van der Waals surface area (Å²) in [4.78, 5) is 0. The van der Waals surface area contributed by atoms with Gasteiger partial charge in [-0.1, -0.05) is 19.1 Å². The van der Waals surface area contributed by atoms with Crippen molar-refractivity contribution in [1.29, 1.82) is 0 Å². The van der Waals surface area contributed by atoms with Crippen LogP contribution < -0.4 is 4.74 Å². The van der Waals surface area contributed by atoms with E-state index < -0.39 is 46.8 Å². The van der Waals surface area contributed by atoms with Gasteiger partial charge in [-0.3, -0.25) is 0 Å². The number of hydrogen-bond donors (Lipinski definition) is 0. The van der Waals surface area contributed by atoms with Gasteiger partial charge in [0.2, 0.25) is 0 Å². The van der Waals surface area contributed by atoms with Gasteiger partial charge in [0.15, 0.2) is 11.6 Å². The Morgan fingerprint density at radius 2 is 1.47 bits per heavy atom. The number of allylic oxidation sites excluding steroid dienone is 2. The quantitative estimate of drug-likeness (QED) is 0.345. The highest BCUT2D eigenvalue weighted by atomic mass is 19.4. The van der Waals surface area contributed by atoms with E-state index in [-0.39, 0.29) is 40.7 Å². The van der Waals surface area contributed by atoms with Crippen molar-refractivity contribution in [2.24, 2.45) is 0 Å². The lowest BCUT2D eigenvalue weighted by Crippen LogP contribution is -2.18. The van der Waals surface area contributed by atoms with Crippen LogP contribution >= 0.6 is 0 Å². The number of fused-ring (bicyclic) bond motifs is 1. The average Bonchev–Trinajstić information content (AvgIpc) is 2.74. The van der Waals surface area contributed by atoms with Crippen LogP contribution in [0.3, 0.4) is 0 Å². The molecule has 0 amide bonds. The molecule has 1 nitrogen and oxygen atoms in total. The van der Waals surface area contributed by atoms with Crippen LogP contribution in [0.5, 0.6) is 5.75 Å². The van der Waals surface area contributed by atoms with Crippen molar-refractivity contribution >= 4 is 5.57 Å². The van der Waals surface area contributed by atoms with Crippen molar-refractivity contribution in [3.8, 4) is 16.9 Å². The third-order valence-corrected chi connectivity index (χ3v) is 5.62. The zero-order valence-electron chi connectivity index (χ0n) is 17.6. The molecule has 0 unspecified atom stereocenters. The molecule has 0 fully saturated rings. The van der Waals surface area contributed by atoms with E-state index >= 15 is 4.39 Å². The van der Waals surface area contributed by atoms with E-state index in [9.17, 15) is 30.7 Å². The van der Waals surface area contributed by atoms with Crippen LogP contribution in [-0.4, -0.2) is 6.36 Å². The molecule has 0 aromatic heterocycles. The number of alkyl halides is 3. The molecule has 34 heavy (non-hydrogen) atoms. The standard InChI is InChI=1S/C25H16F8O/c1-2-12-7-18(27)22(19(28)8-12)13-3-5-16-15(9-13)11-20(29)23(24(16)30)14-4-6-21(17(26)10-14)34-25(31,32)33/h3-4,6-8,10-11H,2,5,9H2,1H3. The molecule has 178 valence electrons. The van der Waals surface area contributed by atoms with Crippen molar-refractivity contribution in [2.45, 2.75) is 32.5 Å². The third-order valence-electron chi connectivity index (χ3n) is 5.62. The van der Waals surface area contributed by atoms with Crippen LogP contribution in [0.25, 0.3) is 16.7 Å². The minimum Gasteiger partial charge on any atom is -0.403 e. The molecule has 0 heterocycles. The summed E-state index contributed by atoms with van der Waals surface area (Å²) in [6, 6.07) is 5.47. The molecule has 9 heteroatoms. The van der Waals surface area contributed by atoms with E-state index in [1.165, 1.54) is 18.2 Å². The lowest BCUT2D eigenvalue weighted by Gasteiger charge is -2.21. The Morgan fingerprint density at radius 3 is 2.06 bits per heavy atom. The first-order chi connectivity index (χ1) is 16.0. The molecule has 0 bridgehead atoms. The molecule has 4 rings (SSSR count). The minimum absolute atomic E-state index is 0.0437. The third kappa shape index (κ3) is 4.51. The van der Waals surface area contributed by atoms with Gasteiger partial charge in [0, 0.05) is 5.56 Å². The lowest BCUT2D eigenvalue weighted by molar-refractivity contribution is -0.275. The summed E-state index contributed by atoms with van der Waals surface area (Å²) >= 11 is 0. The van der Waals surface area contributed by atoms with Gasteiger partial charge in [-0.2, -0.15) is 0 Å². The van der Waals surface area contributed by atoms with Gasteiger partial charge in [-0.05, 0) is 77.4 Å². The number of halogens is 8. The fourth-order valence-electron chi connectivity index (χ4n) is 4.05. The highest BCUT2D eigenvalue weighted by molar-refractivity contribution is 5.74. The summed E-state index contributed by atoms with van der Waals surface area (Å²) in [5.41, 5.74) is -0.318. The first-order valence-electron chi connectivity index (χ1n) is 10.2. The second kappa shape index (κ2) is 8.77. The SMILES string of the molecule is CCc1cc(F)c(C2=CCc3c(cc(F)c(-c4ccc(OC(F)(F)F)c(F)c4)c3F)C2)c(F)c1. The van der Waals surface area contributed by atoms with Crippen LogP contribution in [0.15, 0.2) is 42.5 Å². The summed E-state index contributed by atoms with van der Waals surface area (Å²) in [5, 5.41) is 0. The van der Waals surface area contributed by atoms with E-state index in [4.69, 9.17) is 0 Å². The molecule has 3 aromatic rings. The first-order valence-corrected chi connectivity index (χ1v) is 10.2. The van der Waals surface area contributed by atoms with Crippen LogP contribution in [0.1, 0.15) is 29.2 Å². The van der Waals surface area contributed by atoms with Crippen molar-refractivity contribution in [1.82, 2.24) is 0 Å². The predicted octanol–water partition coefficient (Wildman–Crippen LogP) is 7.69. The van der Waals surface area contributed by atoms with Crippen LogP contribution in [0.4, 0.5) is 35.1 Å². The van der Waals surface area contributed by atoms with Crippen molar-refractivity contribution in [3.05, 3.63) is 93.8 Å². The molecule has 0 aliphatic heterocycles. The summed E-state index contributed by atoms with van der Waals surface area (Å²) in [5.74, 6) is -6.27. The Kier molecular flexibility index (Phi) is 6.14. The van der Waals surface area contributed by atoms with Crippen molar-refractivity contribution < 1.29 is 39.9 Å². The molecule has 1 aliphatic carbocycles. The zero-order chi connectivity index (χ0) is 24.8. The maximum absolute atomic E-state index is 15.2. The van der Waals surface area contributed by atoms with Crippen molar-refractivity contribution in [3.63, 3.8) is 0 Å². The second-order valence-electron chi connectivity index (χ2n) is 7.78. The van der Waals surface area contributed by atoms with E-state index in [2.05, 4.69) is 4.74 Å². The molecule has 0 saturated carbocycles. The summed E-state index contributed by atoms with van der Waals surface area (Å²) in [6.45, 7) is 1.75. The predicted molar refractivity (Wildman–Crippen MR) is 110 cm³/mol. The van der Waals surface area contributed by atoms with Gasteiger partial charge in [-0.25, -0.2) is 22.0 Å². The molecule has 0 saturated heterocycles. The van der Waals surface area contributed by atoms with Gasteiger partial charge < -0.3 is 4.74 Å². The van der Waals surface area contributed by atoms with Gasteiger partial charge in [0.05, 0.1) is 5.56 Å². The Hall–Kier alpha value is -3.36. The highest BCUT2D eigenvalue weighted by Crippen LogP contribution is 2.38. The largest absolute Gasteiger partial charge is 0.573 e. The molecule has 0 spiro atoms. The van der Waals surface area contributed by atoms with Gasteiger partial charge in [-0.15, -0.1) is 13.2 Å². The number of rotatable bonds is 4. The topological polar surface area (TPSA) is 9.23 Å². The van der Waals surface area contributed by atoms with Crippen LogP contribution in [0, 0.1) is 29.1 Å². The molecule has 0 radical (unpaired) electrons. The first kappa shape index (κ1) is 23.8. The Bertz CT molecular complexity index is 1280. The van der Waals surface area contributed by atoms with Gasteiger partial charge >= 0.3 is 6.36 Å². The maximum atomic E-state index is 15.2. The molecule has 0 atom stereocenters. The molecule has 0 N–H and O–H groups in total. The zero-order valence-corrected chi connectivity index (χ0v) is 17.6. The summed E-state index contributed by atoms with van der Waals surface area (Å²) in [7, 11) is 0. The number of benzene rings is 3. The Balaban J connectivity index is 1.71. The Morgan fingerprint density at radius 1 is 0.824 bits per heavy atom. The second-order valence-corrected chi connectivity index (χ2v) is 7.78. The van der Waals surface area contributed by atoms with E-state index in [0.29, 0.717) is 24.1 Å². The summed E-state index contributed by atoms with van der Waals surface area (Å²) in [6.07, 6.45) is -3.53. The molecule has 1 aliphatic rings. The van der Waals surface area contributed by atoms with Gasteiger partial charge in [0.1, 0.15) is 23.3 Å². The molecular weight excluding hydrogens is 468 g/mol. The molecular formula is C25H16F8O. The number of ether oxygens (including phenoxy) is 1. The highest BCUT2D eigenvalue weighted by Gasteiger charge is 2.33. The van der Waals surface area contributed by atoms with Gasteiger partial charge in [0.25, 0.3) is 0 Å². The lowest BCUT2D eigenvalue weighted by atomic mass is 9.85.